The molecule has 152 valence electrons. The molecule has 1 aromatic carbocycles. The molecular weight excluding hydrogens is 340 g/mol. The zero-order valence-electron chi connectivity index (χ0n) is 17.2. The lowest BCUT2D eigenvalue weighted by molar-refractivity contribution is 0.145. The van der Waals surface area contributed by atoms with Crippen LogP contribution in [0.4, 0.5) is 0 Å². The van der Waals surface area contributed by atoms with Crippen molar-refractivity contribution in [2.45, 2.75) is 39.7 Å². The summed E-state index contributed by atoms with van der Waals surface area (Å²) in [6.07, 6.45) is 3.84. The number of aryl methyl sites for hydroxylation is 1. The van der Waals surface area contributed by atoms with Crippen molar-refractivity contribution >= 4 is 5.96 Å². The summed E-state index contributed by atoms with van der Waals surface area (Å²) < 4.78 is 10.9. The van der Waals surface area contributed by atoms with Crippen LogP contribution in [0.15, 0.2) is 23.2 Å². The summed E-state index contributed by atoms with van der Waals surface area (Å²) in [5.74, 6) is 1.75. The molecule has 0 saturated carbocycles. The van der Waals surface area contributed by atoms with E-state index in [9.17, 15) is 0 Å². The predicted molar refractivity (Wildman–Crippen MR) is 112 cm³/mol. The summed E-state index contributed by atoms with van der Waals surface area (Å²) in [6, 6.07) is 6.26. The van der Waals surface area contributed by atoms with Crippen LogP contribution in [0.3, 0.4) is 0 Å². The first-order valence-electron chi connectivity index (χ1n) is 10.2. The molecule has 0 radical (unpaired) electrons. The van der Waals surface area contributed by atoms with Gasteiger partial charge in [-0.05, 0) is 64.4 Å². The zero-order valence-corrected chi connectivity index (χ0v) is 17.2. The minimum atomic E-state index is 0.547. The first kappa shape index (κ1) is 21.5. The summed E-state index contributed by atoms with van der Waals surface area (Å²) in [4.78, 5) is 7.28. The number of benzene rings is 1. The Labute approximate surface area is 164 Å². The SMILES string of the molecule is CCNC(=NCc1ccc(C)cc1OCCOC)NCCCN1CCCC1. The van der Waals surface area contributed by atoms with E-state index < -0.39 is 0 Å². The average Bonchev–Trinajstić information content (AvgIpc) is 3.18. The Morgan fingerprint density at radius 2 is 2.00 bits per heavy atom. The molecular formula is C21H36N4O2. The molecule has 1 heterocycles. The third-order valence-corrected chi connectivity index (χ3v) is 4.66. The smallest absolute Gasteiger partial charge is 0.191 e. The fourth-order valence-corrected chi connectivity index (χ4v) is 3.18. The summed E-state index contributed by atoms with van der Waals surface area (Å²) in [5, 5.41) is 6.78. The molecule has 0 spiro atoms. The van der Waals surface area contributed by atoms with Crippen LogP contribution >= 0.6 is 0 Å². The van der Waals surface area contributed by atoms with Crippen molar-refractivity contribution in [1.29, 1.82) is 0 Å². The van der Waals surface area contributed by atoms with E-state index in [2.05, 4.69) is 47.6 Å². The highest BCUT2D eigenvalue weighted by atomic mass is 16.5. The van der Waals surface area contributed by atoms with Gasteiger partial charge in [0.1, 0.15) is 12.4 Å². The number of hydrogen-bond donors (Lipinski definition) is 2. The Kier molecular flexibility index (Phi) is 10.0. The molecule has 2 rings (SSSR count). The molecule has 0 aliphatic carbocycles. The number of ether oxygens (including phenoxy) is 2. The van der Waals surface area contributed by atoms with Gasteiger partial charge >= 0.3 is 0 Å². The second-order valence-electron chi connectivity index (χ2n) is 6.98. The number of hydrogen-bond acceptors (Lipinski definition) is 4. The maximum atomic E-state index is 5.87. The van der Waals surface area contributed by atoms with Crippen LogP contribution in [0, 0.1) is 6.92 Å². The molecule has 1 aromatic rings. The Bertz CT molecular complexity index is 571. The Balaban J connectivity index is 1.86. The number of aliphatic imine (C=N–C) groups is 1. The van der Waals surface area contributed by atoms with E-state index in [1.807, 2.05) is 0 Å². The van der Waals surface area contributed by atoms with Gasteiger partial charge in [-0.25, -0.2) is 4.99 Å². The first-order valence-corrected chi connectivity index (χ1v) is 10.2. The van der Waals surface area contributed by atoms with Crippen molar-refractivity contribution in [2.24, 2.45) is 4.99 Å². The van der Waals surface area contributed by atoms with E-state index in [1.54, 1.807) is 7.11 Å². The molecule has 1 aliphatic rings. The van der Waals surface area contributed by atoms with Gasteiger partial charge in [0.2, 0.25) is 0 Å². The topological polar surface area (TPSA) is 58.1 Å². The van der Waals surface area contributed by atoms with Gasteiger partial charge < -0.3 is 25.0 Å². The van der Waals surface area contributed by atoms with Gasteiger partial charge in [0, 0.05) is 25.8 Å². The second kappa shape index (κ2) is 12.6. The molecule has 0 atom stereocenters. The van der Waals surface area contributed by atoms with Crippen molar-refractivity contribution in [2.75, 3.05) is 53.0 Å². The van der Waals surface area contributed by atoms with Crippen LogP contribution in [0.1, 0.15) is 37.3 Å². The standard InChI is InChI=1S/C21H36N4O2/c1-4-22-21(23-10-7-13-25-11-5-6-12-25)24-17-19-9-8-18(2)16-20(19)27-15-14-26-3/h8-9,16H,4-7,10-15,17H2,1-3H3,(H2,22,23,24). The van der Waals surface area contributed by atoms with E-state index in [-0.39, 0.29) is 0 Å². The van der Waals surface area contributed by atoms with Crippen molar-refractivity contribution in [3.05, 3.63) is 29.3 Å². The van der Waals surface area contributed by atoms with Crippen LogP contribution in [0.25, 0.3) is 0 Å². The van der Waals surface area contributed by atoms with E-state index in [1.165, 1.54) is 38.0 Å². The van der Waals surface area contributed by atoms with Crippen molar-refractivity contribution in [3.8, 4) is 5.75 Å². The largest absolute Gasteiger partial charge is 0.491 e. The van der Waals surface area contributed by atoms with Gasteiger partial charge in [-0.15, -0.1) is 0 Å². The van der Waals surface area contributed by atoms with Gasteiger partial charge in [-0.3, -0.25) is 0 Å². The summed E-state index contributed by atoms with van der Waals surface area (Å²) in [5.41, 5.74) is 2.27. The van der Waals surface area contributed by atoms with Crippen LogP contribution in [-0.4, -0.2) is 63.9 Å². The van der Waals surface area contributed by atoms with Gasteiger partial charge in [-0.2, -0.15) is 0 Å². The summed E-state index contributed by atoms with van der Waals surface area (Å²) in [6.45, 7) is 11.3. The maximum absolute atomic E-state index is 5.87. The molecule has 1 saturated heterocycles. The van der Waals surface area contributed by atoms with Crippen LogP contribution < -0.4 is 15.4 Å². The minimum Gasteiger partial charge on any atom is -0.491 e. The van der Waals surface area contributed by atoms with Gasteiger partial charge in [0.05, 0.1) is 13.2 Å². The van der Waals surface area contributed by atoms with E-state index >= 15 is 0 Å². The van der Waals surface area contributed by atoms with E-state index in [0.717, 1.165) is 36.8 Å². The van der Waals surface area contributed by atoms with Crippen molar-refractivity contribution < 1.29 is 9.47 Å². The molecule has 6 nitrogen and oxygen atoms in total. The molecule has 0 unspecified atom stereocenters. The molecule has 0 amide bonds. The number of nitrogens with one attached hydrogen (secondary N) is 2. The lowest BCUT2D eigenvalue weighted by Crippen LogP contribution is -2.38. The normalized spacial score (nSPS) is 15.1. The third kappa shape index (κ3) is 8.18. The highest BCUT2D eigenvalue weighted by Crippen LogP contribution is 2.21. The highest BCUT2D eigenvalue weighted by molar-refractivity contribution is 5.79. The molecule has 0 bridgehead atoms. The zero-order chi connectivity index (χ0) is 19.3. The van der Waals surface area contributed by atoms with E-state index in [0.29, 0.717) is 19.8 Å². The first-order chi connectivity index (χ1) is 13.2. The quantitative estimate of drug-likeness (QED) is 0.353. The van der Waals surface area contributed by atoms with E-state index in [4.69, 9.17) is 14.5 Å². The molecule has 0 aromatic heterocycles. The van der Waals surface area contributed by atoms with Gasteiger partial charge in [0.15, 0.2) is 5.96 Å². The minimum absolute atomic E-state index is 0.547. The number of nitrogens with zero attached hydrogens (tertiary/aromatic N) is 2. The fourth-order valence-electron chi connectivity index (χ4n) is 3.18. The highest BCUT2D eigenvalue weighted by Gasteiger charge is 2.10. The van der Waals surface area contributed by atoms with Crippen molar-refractivity contribution in [3.63, 3.8) is 0 Å². The third-order valence-electron chi connectivity index (χ3n) is 4.66. The lowest BCUT2D eigenvalue weighted by atomic mass is 10.1. The monoisotopic (exact) mass is 376 g/mol. The molecule has 6 heteroatoms. The summed E-state index contributed by atoms with van der Waals surface area (Å²) >= 11 is 0. The number of likely N-dealkylation sites (tertiary alicyclic amines) is 1. The summed E-state index contributed by atoms with van der Waals surface area (Å²) in [7, 11) is 1.68. The lowest BCUT2D eigenvalue weighted by Gasteiger charge is -2.16. The van der Waals surface area contributed by atoms with Crippen LogP contribution in [-0.2, 0) is 11.3 Å². The molecule has 1 aliphatic heterocycles. The van der Waals surface area contributed by atoms with Crippen LogP contribution in [0.2, 0.25) is 0 Å². The Morgan fingerprint density at radius 3 is 2.74 bits per heavy atom. The van der Waals surface area contributed by atoms with Crippen LogP contribution in [0.5, 0.6) is 5.75 Å². The predicted octanol–water partition coefficient (Wildman–Crippen LogP) is 2.56. The van der Waals surface area contributed by atoms with Gasteiger partial charge in [-0.1, -0.05) is 12.1 Å². The maximum Gasteiger partial charge on any atom is 0.191 e. The fraction of sp³-hybridized carbons (Fsp3) is 0.667. The average molecular weight is 377 g/mol. The molecule has 2 N–H and O–H groups in total. The molecule has 1 fully saturated rings. The van der Waals surface area contributed by atoms with Crippen molar-refractivity contribution in [1.82, 2.24) is 15.5 Å². The Hall–Kier alpha value is -1.79. The number of rotatable bonds is 11. The molecule has 27 heavy (non-hydrogen) atoms. The number of methoxy groups -OCH3 is 1. The second-order valence-corrected chi connectivity index (χ2v) is 6.98. The number of guanidine groups is 1. The van der Waals surface area contributed by atoms with Gasteiger partial charge in [0.25, 0.3) is 0 Å². The Morgan fingerprint density at radius 1 is 1.19 bits per heavy atom.